The van der Waals surface area contributed by atoms with Crippen LogP contribution in [0.2, 0.25) is 0 Å². The number of likely N-dealkylation sites (tertiary alicyclic amines) is 1. The van der Waals surface area contributed by atoms with Gasteiger partial charge >= 0.3 is 0 Å². The molecular weight excluding hydrogens is 258 g/mol. The number of carbonyl (C=O) groups excluding carboxylic acids is 1. The van der Waals surface area contributed by atoms with Crippen LogP contribution in [0, 0.1) is 6.92 Å². The summed E-state index contributed by atoms with van der Waals surface area (Å²) in [6.45, 7) is 3.63. The van der Waals surface area contributed by atoms with Crippen LogP contribution in [0.25, 0.3) is 0 Å². The molecule has 2 aromatic heterocycles. The van der Waals surface area contributed by atoms with E-state index in [1.165, 1.54) is 0 Å². The van der Waals surface area contributed by atoms with Crippen LogP contribution in [-0.2, 0) is 0 Å². The fraction of sp³-hybridized carbons (Fsp3) is 0.429. The minimum absolute atomic E-state index is 0.147. The predicted octanol–water partition coefficient (Wildman–Crippen LogP) is 2.80. The summed E-state index contributed by atoms with van der Waals surface area (Å²) in [6.07, 6.45) is 4.00. The number of carbonyl (C=O) groups is 1. The standard InChI is InChI=1S/C14H17N3OS/c1-10-7-15-13(16-10)11-3-2-5-17(8-11)14(18)12-4-6-19-9-12/h4,6-7,9,11H,2-3,5,8H2,1H3,(H,15,16)/t11-/m1/s1. The molecule has 0 bridgehead atoms. The summed E-state index contributed by atoms with van der Waals surface area (Å²) in [5, 5.41) is 3.87. The number of aromatic nitrogens is 2. The van der Waals surface area contributed by atoms with E-state index in [0.717, 1.165) is 43.0 Å². The molecule has 1 amide bonds. The van der Waals surface area contributed by atoms with Crippen molar-refractivity contribution in [3.63, 3.8) is 0 Å². The van der Waals surface area contributed by atoms with Gasteiger partial charge in [-0.3, -0.25) is 4.79 Å². The van der Waals surface area contributed by atoms with Gasteiger partial charge in [0.15, 0.2) is 0 Å². The van der Waals surface area contributed by atoms with E-state index in [2.05, 4.69) is 9.97 Å². The molecule has 0 spiro atoms. The molecule has 0 radical (unpaired) electrons. The van der Waals surface area contributed by atoms with E-state index in [0.29, 0.717) is 5.92 Å². The molecule has 1 N–H and O–H groups in total. The number of H-pyrrole nitrogens is 1. The largest absolute Gasteiger partial charge is 0.346 e. The van der Waals surface area contributed by atoms with Crippen LogP contribution in [0.1, 0.15) is 40.6 Å². The van der Waals surface area contributed by atoms with Gasteiger partial charge in [-0.25, -0.2) is 4.98 Å². The molecular formula is C14H17N3OS. The van der Waals surface area contributed by atoms with Gasteiger partial charge in [-0.05, 0) is 31.2 Å². The molecule has 0 aliphatic carbocycles. The number of piperidine rings is 1. The highest BCUT2D eigenvalue weighted by Crippen LogP contribution is 2.26. The fourth-order valence-electron chi connectivity index (χ4n) is 2.59. The van der Waals surface area contributed by atoms with Crippen LogP contribution in [-0.4, -0.2) is 33.9 Å². The Morgan fingerprint density at radius 2 is 2.47 bits per heavy atom. The molecule has 0 saturated carbocycles. The number of aromatic amines is 1. The first-order valence-corrected chi connectivity index (χ1v) is 7.51. The lowest BCUT2D eigenvalue weighted by molar-refractivity contribution is 0.0705. The van der Waals surface area contributed by atoms with E-state index < -0.39 is 0 Å². The maximum absolute atomic E-state index is 12.3. The number of nitrogens with zero attached hydrogens (tertiary/aromatic N) is 2. The number of rotatable bonds is 2. The number of hydrogen-bond acceptors (Lipinski definition) is 3. The average molecular weight is 275 g/mol. The third kappa shape index (κ3) is 2.56. The van der Waals surface area contributed by atoms with Crippen LogP contribution < -0.4 is 0 Å². The van der Waals surface area contributed by atoms with Gasteiger partial charge in [0.25, 0.3) is 5.91 Å². The fourth-order valence-corrected chi connectivity index (χ4v) is 3.22. The van der Waals surface area contributed by atoms with Gasteiger partial charge in [-0.2, -0.15) is 11.3 Å². The smallest absolute Gasteiger partial charge is 0.254 e. The van der Waals surface area contributed by atoms with Crippen LogP contribution >= 0.6 is 11.3 Å². The quantitative estimate of drug-likeness (QED) is 0.916. The topological polar surface area (TPSA) is 49.0 Å². The molecule has 2 aromatic rings. The van der Waals surface area contributed by atoms with Crippen molar-refractivity contribution in [2.45, 2.75) is 25.7 Å². The summed E-state index contributed by atoms with van der Waals surface area (Å²) in [4.78, 5) is 22.0. The normalized spacial score (nSPS) is 19.6. The third-order valence-electron chi connectivity index (χ3n) is 3.59. The first-order chi connectivity index (χ1) is 9.24. The Hall–Kier alpha value is -1.62. The molecule has 3 rings (SSSR count). The van der Waals surface area contributed by atoms with Crippen LogP contribution in [0.5, 0.6) is 0 Å². The lowest BCUT2D eigenvalue weighted by Gasteiger charge is -2.31. The van der Waals surface area contributed by atoms with Gasteiger partial charge in [-0.15, -0.1) is 0 Å². The summed E-state index contributed by atoms with van der Waals surface area (Å²) in [7, 11) is 0. The van der Waals surface area contributed by atoms with Crippen molar-refractivity contribution in [1.29, 1.82) is 0 Å². The van der Waals surface area contributed by atoms with Gasteiger partial charge in [0.2, 0.25) is 0 Å². The van der Waals surface area contributed by atoms with Crippen molar-refractivity contribution in [3.05, 3.63) is 40.1 Å². The van der Waals surface area contributed by atoms with Crippen LogP contribution in [0.3, 0.4) is 0 Å². The SMILES string of the molecule is Cc1cnc([C@@H]2CCCN(C(=O)c3ccsc3)C2)[nH]1. The second-order valence-electron chi connectivity index (χ2n) is 5.05. The summed E-state index contributed by atoms with van der Waals surface area (Å²) in [5.41, 5.74) is 1.89. The Morgan fingerprint density at radius 3 is 3.16 bits per heavy atom. The molecule has 4 nitrogen and oxygen atoms in total. The van der Waals surface area contributed by atoms with E-state index >= 15 is 0 Å². The molecule has 3 heterocycles. The third-order valence-corrected chi connectivity index (χ3v) is 4.27. The number of nitrogens with one attached hydrogen (secondary N) is 1. The molecule has 19 heavy (non-hydrogen) atoms. The Labute approximate surface area is 116 Å². The second kappa shape index (κ2) is 5.17. The Kier molecular flexibility index (Phi) is 3.38. The monoisotopic (exact) mass is 275 g/mol. The van der Waals surface area contributed by atoms with Crippen LogP contribution in [0.4, 0.5) is 0 Å². The number of aryl methyl sites for hydroxylation is 1. The van der Waals surface area contributed by atoms with E-state index in [1.807, 2.05) is 34.8 Å². The highest BCUT2D eigenvalue weighted by molar-refractivity contribution is 7.08. The van der Waals surface area contributed by atoms with Crippen molar-refractivity contribution >= 4 is 17.2 Å². The van der Waals surface area contributed by atoms with Gasteiger partial charge < -0.3 is 9.88 Å². The maximum atomic E-state index is 12.3. The zero-order chi connectivity index (χ0) is 13.2. The van der Waals surface area contributed by atoms with Crippen molar-refractivity contribution in [3.8, 4) is 0 Å². The maximum Gasteiger partial charge on any atom is 0.254 e. The van der Waals surface area contributed by atoms with Gasteiger partial charge in [0.05, 0.1) is 5.56 Å². The molecule has 1 fully saturated rings. The van der Waals surface area contributed by atoms with Crippen LogP contribution in [0.15, 0.2) is 23.0 Å². The van der Waals surface area contributed by atoms with Crippen molar-refractivity contribution in [1.82, 2.24) is 14.9 Å². The molecule has 1 aliphatic heterocycles. The second-order valence-corrected chi connectivity index (χ2v) is 5.83. The average Bonchev–Trinajstić information content (AvgIpc) is 3.09. The number of thiophene rings is 1. The van der Waals surface area contributed by atoms with Gasteiger partial charge in [-0.1, -0.05) is 0 Å². The molecule has 5 heteroatoms. The lowest BCUT2D eigenvalue weighted by atomic mass is 9.97. The molecule has 0 unspecified atom stereocenters. The number of hydrogen-bond donors (Lipinski definition) is 1. The van der Waals surface area contributed by atoms with Crippen molar-refractivity contribution in [2.24, 2.45) is 0 Å². The van der Waals surface area contributed by atoms with Gasteiger partial charge in [0.1, 0.15) is 5.82 Å². The molecule has 100 valence electrons. The minimum atomic E-state index is 0.147. The first-order valence-electron chi connectivity index (χ1n) is 6.57. The van der Waals surface area contributed by atoms with Gasteiger partial charge in [0, 0.05) is 36.3 Å². The van der Waals surface area contributed by atoms with E-state index in [-0.39, 0.29) is 5.91 Å². The highest BCUT2D eigenvalue weighted by atomic mass is 32.1. The van der Waals surface area contributed by atoms with E-state index in [4.69, 9.17) is 0 Å². The highest BCUT2D eigenvalue weighted by Gasteiger charge is 2.27. The first kappa shape index (κ1) is 12.4. The molecule has 1 saturated heterocycles. The van der Waals surface area contributed by atoms with E-state index in [9.17, 15) is 4.79 Å². The number of amides is 1. The van der Waals surface area contributed by atoms with Crippen molar-refractivity contribution in [2.75, 3.05) is 13.1 Å². The Bertz CT molecular complexity index is 561. The Balaban J connectivity index is 1.73. The molecule has 1 aliphatic rings. The summed E-state index contributed by atoms with van der Waals surface area (Å²) in [6, 6.07) is 1.90. The molecule has 0 aromatic carbocycles. The zero-order valence-corrected chi connectivity index (χ0v) is 11.7. The lowest BCUT2D eigenvalue weighted by Crippen LogP contribution is -2.39. The minimum Gasteiger partial charge on any atom is -0.346 e. The zero-order valence-electron chi connectivity index (χ0n) is 10.9. The number of imidazole rings is 1. The summed E-state index contributed by atoms with van der Waals surface area (Å²) < 4.78 is 0. The van der Waals surface area contributed by atoms with Crippen molar-refractivity contribution < 1.29 is 4.79 Å². The molecule has 1 atom stereocenters. The Morgan fingerprint density at radius 1 is 1.58 bits per heavy atom. The van der Waals surface area contributed by atoms with E-state index in [1.54, 1.807) is 11.3 Å². The predicted molar refractivity (Wildman–Crippen MR) is 75.5 cm³/mol. The summed E-state index contributed by atoms with van der Waals surface area (Å²) in [5.74, 6) is 1.50. The summed E-state index contributed by atoms with van der Waals surface area (Å²) >= 11 is 1.57.